The number of nitrogens with one attached hydrogen (secondary N) is 1. The molecule has 7 heteroatoms. The van der Waals surface area contributed by atoms with Crippen LogP contribution in [0.1, 0.15) is 39.0 Å². The summed E-state index contributed by atoms with van der Waals surface area (Å²) in [5, 5.41) is 19.3. The third-order valence-electron chi connectivity index (χ3n) is 2.29. The van der Waals surface area contributed by atoms with Crippen LogP contribution in [0.2, 0.25) is 0 Å². The van der Waals surface area contributed by atoms with Gasteiger partial charge in [-0.15, -0.1) is 0 Å². The monoisotopic (exact) mass is 263 g/mol. The van der Waals surface area contributed by atoms with Crippen molar-refractivity contribution >= 4 is 17.8 Å². The van der Waals surface area contributed by atoms with E-state index in [0.29, 0.717) is 6.42 Å². The third kappa shape index (κ3) is 7.59. The number of hydrogen-bond donors (Lipinski definition) is 3. The predicted octanol–water partition coefficient (Wildman–Crippen LogP) is 0.949. The van der Waals surface area contributed by atoms with Gasteiger partial charge in [-0.05, 0) is 12.8 Å². The molecule has 0 saturated heterocycles. The van der Waals surface area contributed by atoms with Gasteiger partial charge in [-0.25, -0.2) is 9.18 Å². The molecule has 18 heavy (non-hydrogen) atoms. The number of rotatable bonds is 9. The Balaban J connectivity index is 4.19. The number of hydrogen-bond acceptors (Lipinski definition) is 3. The molecule has 2 atom stereocenters. The minimum Gasteiger partial charge on any atom is -0.481 e. The van der Waals surface area contributed by atoms with E-state index in [2.05, 4.69) is 5.32 Å². The number of amides is 1. The van der Waals surface area contributed by atoms with Crippen LogP contribution in [0.4, 0.5) is 4.39 Å². The maximum absolute atomic E-state index is 13.1. The lowest BCUT2D eigenvalue weighted by atomic mass is 10.1. The number of carboxylic acid groups (broad SMARTS) is 2. The molecule has 0 aromatic carbocycles. The number of carboxylic acids is 2. The Morgan fingerprint density at radius 1 is 1.22 bits per heavy atom. The van der Waals surface area contributed by atoms with Crippen LogP contribution < -0.4 is 5.32 Å². The fraction of sp³-hybridized carbons (Fsp3) is 0.727. The summed E-state index contributed by atoms with van der Waals surface area (Å²) in [6.45, 7) is 1.78. The number of halogens is 1. The zero-order chi connectivity index (χ0) is 14.1. The molecule has 1 unspecified atom stereocenters. The zero-order valence-electron chi connectivity index (χ0n) is 10.2. The molecular formula is C11H18FNO5. The molecule has 1 amide bonds. The van der Waals surface area contributed by atoms with Crippen molar-refractivity contribution in [2.75, 3.05) is 0 Å². The average Bonchev–Trinajstić information content (AvgIpc) is 2.23. The molecule has 0 rings (SSSR count). The maximum atomic E-state index is 13.1. The van der Waals surface area contributed by atoms with E-state index in [0.717, 1.165) is 0 Å². The molecule has 0 aliphatic heterocycles. The van der Waals surface area contributed by atoms with Gasteiger partial charge < -0.3 is 15.5 Å². The van der Waals surface area contributed by atoms with Gasteiger partial charge in [-0.2, -0.15) is 0 Å². The zero-order valence-corrected chi connectivity index (χ0v) is 10.2. The van der Waals surface area contributed by atoms with Crippen molar-refractivity contribution in [3.8, 4) is 0 Å². The molecule has 0 aliphatic carbocycles. The van der Waals surface area contributed by atoms with Gasteiger partial charge in [0.15, 0.2) is 0 Å². The van der Waals surface area contributed by atoms with E-state index < -0.39 is 36.5 Å². The molecule has 0 fully saturated rings. The highest BCUT2D eigenvalue weighted by molar-refractivity contribution is 5.84. The van der Waals surface area contributed by atoms with E-state index in [4.69, 9.17) is 10.2 Å². The van der Waals surface area contributed by atoms with Gasteiger partial charge in [0.25, 0.3) is 0 Å². The Morgan fingerprint density at radius 3 is 2.28 bits per heavy atom. The minimum absolute atomic E-state index is 0.221. The van der Waals surface area contributed by atoms with E-state index in [-0.39, 0.29) is 19.3 Å². The summed E-state index contributed by atoms with van der Waals surface area (Å²) in [4.78, 5) is 32.4. The lowest BCUT2D eigenvalue weighted by molar-refractivity contribution is -0.143. The van der Waals surface area contributed by atoms with Crippen molar-refractivity contribution in [2.24, 2.45) is 0 Å². The highest BCUT2D eigenvalue weighted by Crippen LogP contribution is 2.07. The third-order valence-corrected chi connectivity index (χ3v) is 2.29. The van der Waals surface area contributed by atoms with Crippen molar-refractivity contribution in [2.45, 2.75) is 51.2 Å². The van der Waals surface area contributed by atoms with Gasteiger partial charge in [-0.1, -0.05) is 13.3 Å². The molecular weight excluding hydrogens is 245 g/mol. The van der Waals surface area contributed by atoms with Gasteiger partial charge in [-0.3, -0.25) is 9.59 Å². The standard InChI is InChI=1S/C11H18FNO5/c1-2-3-7(12)6-9(14)13-8(11(17)18)4-5-10(15)16/h7-8H,2-6H2,1H3,(H,13,14)(H,15,16)(H,17,18)/t7?,8-/m0/s1. The van der Waals surface area contributed by atoms with Crippen molar-refractivity contribution in [1.29, 1.82) is 0 Å². The second kappa shape index (κ2) is 8.43. The minimum atomic E-state index is -1.32. The number of carbonyl (C=O) groups is 3. The van der Waals surface area contributed by atoms with Crippen molar-refractivity contribution < 1.29 is 29.0 Å². The highest BCUT2D eigenvalue weighted by atomic mass is 19.1. The van der Waals surface area contributed by atoms with E-state index >= 15 is 0 Å². The summed E-state index contributed by atoms with van der Waals surface area (Å²) < 4.78 is 13.1. The molecule has 104 valence electrons. The van der Waals surface area contributed by atoms with Crippen LogP contribution in [0, 0.1) is 0 Å². The molecule has 0 saturated carbocycles. The molecule has 0 spiro atoms. The van der Waals surface area contributed by atoms with Gasteiger partial charge in [0.2, 0.25) is 5.91 Å². The smallest absolute Gasteiger partial charge is 0.326 e. The first-order chi connectivity index (χ1) is 8.36. The van der Waals surface area contributed by atoms with E-state index in [9.17, 15) is 18.8 Å². The maximum Gasteiger partial charge on any atom is 0.326 e. The Labute approximate surface area is 104 Å². The number of alkyl halides is 1. The summed E-state index contributed by atoms with van der Waals surface area (Å²) in [6, 6.07) is -1.29. The lowest BCUT2D eigenvalue weighted by Crippen LogP contribution is -2.41. The fourth-order valence-corrected chi connectivity index (χ4v) is 1.39. The predicted molar refractivity (Wildman–Crippen MR) is 60.9 cm³/mol. The lowest BCUT2D eigenvalue weighted by Gasteiger charge is -2.14. The Kier molecular flexibility index (Phi) is 7.66. The summed E-state index contributed by atoms with van der Waals surface area (Å²) >= 11 is 0. The Hall–Kier alpha value is -1.66. The first-order valence-corrected chi connectivity index (χ1v) is 5.74. The second-order valence-corrected chi connectivity index (χ2v) is 3.98. The summed E-state index contributed by atoms with van der Waals surface area (Å²) in [7, 11) is 0. The average molecular weight is 263 g/mol. The first kappa shape index (κ1) is 16.3. The van der Waals surface area contributed by atoms with Gasteiger partial charge in [0.05, 0.1) is 6.42 Å². The number of carbonyl (C=O) groups excluding carboxylic acids is 1. The van der Waals surface area contributed by atoms with Crippen LogP contribution in [0.15, 0.2) is 0 Å². The van der Waals surface area contributed by atoms with Crippen LogP contribution >= 0.6 is 0 Å². The largest absolute Gasteiger partial charge is 0.481 e. The van der Waals surface area contributed by atoms with Gasteiger partial charge >= 0.3 is 11.9 Å². The Morgan fingerprint density at radius 2 is 1.83 bits per heavy atom. The van der Waals surface area contributed by atoms with E-state index in [1.807, 2.05) is 0 Å². The van der Waals surface area contributed by atoms with E-state index in [1.165, 1.54) is 0 Å². The summed E-state index contributed by atoms with van der Waals surface area (Å²) in [6.07, 6.45) is -1.46. The quantitative estimate of drug-likeness (QED) is 0.574. The molecule has 0 radical (unpaired) electrons. The van der Waals surface area contributed by atoms with Crippen LogP contribution in [-0.4, -0.2) is 40.3 Å². The first-order valence-electron chi connectivity index (χ1n) is 5.74. The van der Waals surface area contributed by atoms with Crippen LogP contribution in [-0.2, 0) is 14.4 Å². The van der Waals surface area contributed by atoms with Crippen LogP contribution in [0.3, 0.4) is 0 Å². The van der Waals surface area contributed by atoms with Gasteiger partial charge in [0, 0.05) is 6.42 Å². The Bertz CT molecular complexity index is 308. The molecule has 0 aromatic heterocycles. The normalized spacial score (nSPS) is 13.7. The molecule has 0 aromatic rings. The second-order valence-electron chi connectivity index (χ2n) is 3.98. The number of aliphatic carboxylic acids is 2. The SMILES string of the molecule is CCCC(F)CC(=O)N[C@@H](CCC(=O)O)C(=O)O. The summed E-state index contributed by atoms with van der Waals surface area (Å²) in [5.41, 5.74) is 0. The molecule has 0 aliphatic rings. The molecule has 6 nitrogen and oxygen atoms in total. The van der Waals surface area contributed by atoms with Crippen molar-refractivity contribution in [1.82, 2.24) is 5.32 Å². The van der Waals surface area contributed by atoms with Gasteiger partial charge in [0.1, 0.15) is 12.2 Å². The van der Waals surface area contributed by atoms with Crippen molar-refractivity contribution in [3.63, 3.8) is 0 Å². The molecule has 3 N–H and O–H groups in total. The van der Waals surface area contributed by atoms with E-state index in [1.54, 1.807) is 6.92 Å². The summed E-state index contributed by atoms with van der Waals surface area (Å²) in [5.74, 6) is -3.19. The van der Waals surface area contributed by atoms with Crippen LogP contribution in [0.25, 0.3) is 0 Å². The van der Waals surface area contributed by atoms with Crippen LogP contribution in [0.5, 0.6) is 0 Å². The highest BCUT2D eigenvalue weighted by Gasteiger charge is 2.22. The molecule has 0 bridgehead atoms. The topological polar surface area (TPSA) is 104 Å². The fourth-order valence-electron chi connectivity index (χ4n) is 1.39. The van der Waals surface area contributed by atoms with Crippen molar-refractivity contribution in [3.05, 3.63) is 0 Å². The molecule has 0 heterocycles.